The molecule has 0 saturated carbocycles. The number of carbonyl (C=O) groups excluding carboxylic acids is 2. The number of ether oxygens (including phenoxy) is 1. The molecule has 0 spiro atoms. The molecule has 4 nitrogen and oxygen atoms in total. The Hall–Kier alpha value is -1.84. The lowest BCUT2D eigenvalue weighted by Gasteiger charge is -2.15. The van der Waals surface area contributed by atoms with Crippen LogP contribution in [0.25, 0.3) is 0 Å². The quantitative estimate of drug-likeness (QED) is 0.737. The predicted octanol–water partition coefficient (Wildman–Crippen LogP) is 1.95. The Balaban J connectivity index is 2.30. The summed E-state index contributed by atoms with van der Waals surface area (Å²) < 4.78 is 4.52. The fourth-order valence-electron chi connectivity index (χ4n) is 1.74. The smallest absolute Gasteiger partial charge is 0.325 e. The molecule has 0 aliphatic rings. The molecule has 0 fully saturated rings. The number of carbonyl (C=O) groups is 2. The minimum absolute atomic E-state index is 0.0138. The Kier molecular flexibility index (Phi) is 6.06. The molecule has 0 saturated heterocycles. The monoisotopic (exact) mass is 263 g/mol. The van der Waals surface area contributed by atoms with Crippen molar-refractivity contribution in [3.63, 3.8) is 0 Å². The topological polar surface area (TPSA) is 46.6 Å². The Morgan fingerprint density at radius 2 is 1.84 bits per heavy atom. The molecule has 0 bridgehead atoms. The van der Waals surface area contributed by atoms with E-state index in [1.807, 2.05) is 0 Å². The van der Waals surface area contributed by atoms with E-state index < -0.39 is 5.97 Å². The summed E-state index contributed by atoms with van der Waals surface area (Å²) in [4.78, 5) is 24.2. The van der Waals surface area contributed by atoms with Gasteiger partial charge >= 0.3 is 5.97 Å². The molecular weight excluding hydrogens is 242 g/mol. The molecule has 0 aliphatic carbocycles. The highest BCUT2D eigenvalue weighted by Gasteiger charge is 2.12. The van der Waals surface area contributed by atoms with Crippen LogP contribution in [0.5, 0.6) is 0 Å². The van der Waals surface area contributed by atoms with Crippen molar-refractivity contribution in [2.75, 3.05) is 20.7 Å². The van der Waals surface area contributed by atoms with E-state index in [0.717, 1.165) is 12.8 Å². The van der Waals surface area contributed by atoms with Crippen LogP contribution < -0.4 is 0 Å². The fourth-order valence-corrected chi connectivity index (χ4v) is 1.74. The third kappa shape index (κ3) is 5.55. The minimum Gasteiger partial charge on any atom is -0.468 e. The normalized spacial score (nSPS) is 10.1. The number of esters is 1. The number of nitrogens with zero attached hydrogens (tertiary/aromatic N) is 1. The van der Waals surface area contributed by atoms with Gasteiger partial charge in [0.1, 0.15) is 6.54 Å². The highest BCUT2D eigenvalue weighted by atomic mass is 16.5. The summed E-state index contributed by atoms with van der Waals surface area (Å²) >= 11 is 0. The summed E-state index contributed by atoms with van der Waals surface area (Å²) in [5, 5.41) is 0. The van der Waals surface area contributed by atoms with Crippen LogP contribution in [0, 0.1) is 6.92 Å². The number of likely N-dealkylation sites (N-methyl/N-ethyl adjacent to an activating group) is 1. The first-order valence-corrected chi connectivity index (χ1v) is 6.39. The van der Waals surface area contributed by atoms with E-state index >= 15 is 0 Å². The van der Waals surface area contributed by atoms with Gasteiger partial charge in [0.05, 0.1) is 7.11 Å². The van der Waals surface area contributed by atoms with Crippen LogP contribution in [0.1, 0.15) is 24.0 Å². The van der Waals surface area contributed by atoms with E-state index in [9.17, 15) is 9.59 Å². The van der Waals surface area contributed by atoms with Crippen LogP contribution in [-0.2, 0) is 20.7 Å². The Labute approximate surface area is 114 Å². The molecule has 0 radical (unpaired) electrons. The molecular formula is C15H21NO3. The fraction of sp³-hybridized carbons (Fsp3) is 0.467. The summed E-state index contributed by atoms with van der Waals surface area (Å²) in [6, 6.07) is 8.30. The van der Waals surface area contributed by atoms with Crippen LogP contribution in [0.15, 0.2) is 24.3 Å². The SMILES string of the molecule is COC(=O)CN(C)C(=O)CCCc1ccc(C)cc1. The highest BCUT2D eigenvalue weighted by Crippen LogP contribution is 2.08. The van der Waals surface area contributed by atoms with E-state index in [-0.39, 0.29) is 12.5 Å². The first-order valence-electron chi connectivity index (χ1n) is 6.39. The third-order valence-corrected chi connectivity index (χ3v) is 3.00. The minimum atomic E-state index is -0.394. The Morgan fingerprint density at radius 1 is 1.21 bits per heavy atom. The first kappa shape index (κ1) is 15.2. The molecule has 0 aromatic heterocycles. The van der Waals surface area contributed by atoms with Crippen LogP contribution in [0.4, 0.5) is 0 Å². The van der Waals surface area contributed by atoms with Gasteiger partial charge in [0.2, 0.25) is 5.91 Å². The van der Waals surface area contributed by atoms with E-state index in [1.165, 1.54) is 23.1 Å². The molecule has 0 aliphatic heterocycles. The van der Waals surface area contributed by atoms with Gasteiger partial charge in [-0.2, -0.15) is 0 Å². The molecule has 1 aromatic carbocycles. The second kappa shape index (κ2) is 7.56. The largest absolute Gasteiger partial charge is 0.468 e. The van der Waals surface area contributed by atoms with Crippen molar-refractivity contribution < 1.29 is 14.3 Å². The predicted molar refractivity (Wildman–Crippen MR) is 73.8 cm³/mol. The van der Waals surface area contributed by atoms with Gasteiger partial charge in [-0.3, -0.25) is 9.59 Å². The van der Waals surface area contributed by atoms with Gasteiger partial charge < -0.3 is 9.64 Å². The van der Waals surface area contributed by atoms with Crippen LogP contribution in [0.3, 0.4) is 0 Å². The van der Waals surface area contributed by atoms with Gasteiger partial charge in [-0.15, -0.1) is 0 Å². The molecule has 0 unspecified atom stereocenters. The molecule has 1 amide bonds. The zero-order chi connectivity index (χ0) is 14.3. The maximum absolute atomic E-state index is 11.8. The van der Waals surface area contributed by atoms with E-state index in [0.29, 0.717) is 6.42 Å². The number of benzene rings is 1. The second-order valence-corrected chi connectivity index (χ2v) is 4.67. The first-order chi connectivity index (χ1) is 9.02. The van der Waals surface area contributed by atoms with Crippen molar-refractivity contribution in [1.29, 1.82) is 0 Å². The lowest BCUT2D eigenvalue weighted by molar-refractivity contribution is -0.146. The van der Waals surface area contributed by atoms with Crippen molar-refractivity contribution in [3.05, 3.63) is 35.4 Å². The maximum atomic E-state index is 11.8. The number of hydrogen-bond acceptors (Lipinski definition) is 3. The van der Waals surface area contributed by atoms with E-state index in [2.05, 4.69) is 35.9 Å². The second-order valence-electron chi connectivity index (χ2n) is 4.67. The molecule has 19 heavy (non-hydrogen) atoms. The number of amides is 1. The standard InChI is InChI=1S/C15H21NO3/c1-12-7-9-13(10-8-12)5-4-6-14(17)16(2)11-15(18)19-3/h7-10H,4-6,11H2,1-3H3. The lowest BCUT2D eigenvalue weighted by atomic mass is 10.1. The Morgan fingerprint density at radius 3 is 2.42 bits per heavy atom. The molecule has 104 valence electrons. The molecule has 0 atom stereocenters. The average molecular weight is 263 g/mol. The molecule has 4 heteroatoms. The number of hydrogen-bond donors (Lipinski definition) is 0. The molecule has 0 N–H and O–H groups in total. The van der Waals surface area contributed by atoms with Crippen molar-refractivity contribution in [1.82, 2.24) is 4.90 Å². The average Bonchev–Trinajstić information content (AvgIpc) is 2.40. The van der Waals surface area contributed by atoms with Gasteiger partial charge in [-0.1, -0.05) is 29.8 Å². The Bertz CT molecular complexity index is 426. The van der Waals surface area contributed by atoms with Crippen LogP contribution in [0.2, 0.25) is 0 Å². The van der Waals surface area contributed by atoms with Crippen LogP contribution in [-0.4, -0.2) is 37.5 Å². The number of rotatable bonds is 6. The zero-order valence-electron chi connectivity index (χ0n) is 11.8. The summed E-state index contributed by atoms with van der Waals surface area (Å²) in [6.07, 6.45) is 2.10. The van der Waals surface area contributed by atoms with Gasteiger partial charge in [0.25, 0.3) is 0 Å². The van der Waals surface area contributed by atoms with Gasteiger partial charge in [0, 0.05) is 13.5 Å². The number of aryl methyl sites for hydroxylation is 2. The molecule has 1 aromatic rings. The third-order valence-electron chi connectivity index (χ3n) is 3.00. The van der Waals surface area contributed by atoms with E-state index in [4.69, 9.17) is 0 Å². The molecule has 1 rings (SSSR count). The summed E-state index contributed by atoms with van der Waals surface area (Å²) in [5.74, 6) is -0.424. The highest BCUT2D eigenvalue weighted by molar-refractivity contribution is 5.81. The van der Waals surface area contributed by atoms with Crippen molar-refractivity contribution >= 4 is 11.9 Å². The molecule has 0 heterocycles. The summed E-state index contributed by atoms with van der Waals surface area (Å²) in [6.45, 7) is 2.06. The van der Waals surface area contributed by atoms with Crippen LogP contribution >= 0.6 is 0 Å². The lowest BCUT2D eigenvalue weighted by Crippen LogP contribution is -2.32. The van der Waals surface area contributed by atoms with Gasteiger partial charge in [0.15, 0.2) is 0 Å². The zero-order valence-corrected chi connectivity index (χ0v) is 11.8. The van der Waals surface area contributed by atoms with Crippen molar-refractivity contribution in [2.24, 2.45) is 0 Å². The number of methoxy groups -OCH3 is 1. The summed E-state index contributed by atoms with van der Waals surface area (Å²) in [5.41, 5.74) is 2.46. The van der Waals surface area contributed by atoms with E-state index in [1.54, 1.807) is 7.05 Å². The van der Waals surface area contributed by atoms with Crippen molar-refractivity contribution in [3.8, 4) is 0 Å². The summed E-state index contributed by atoms with van der Waals surface area (Å²) in [7, 11) is 2.93. The van der Waals surface area contributed by atoms with Gasteiger partial charge in [-0.25, -0.2) is 0 Å². The van der Waals surface area contributed by atoms with Crippen molar-refractivity contribution in [2.45, 2.75) is 26.2 Å². The van der Waals surface area contributed by atoms with Gasteiger partial charge in [-0.05, 0) is 25.3 Å². The maximum Gasteiger partial charge on any atom is 0.325 e.